The molecule has 0 amide bonds. The Balaban J connectivity index is 1.84. The van der Waals surface area contributed by atoms with Crippen molar-refractivity contribution in [2.45, 2.75) is 15.0 Å². The summed E-state index contributed by atoms with van der Waals surface area (Å²) < 4.78 is 11.8. The Kier molecular flexibility index (Phi) is 2.24. The van der Waals surface area contributed by atoms with Gasteiger partial charge in [-0.15, -0.1) is 0 Å². The number of aromatic hydroxyl groups is 1. The van der Waals surface area contributed by atoms with Gasteiger partial charge >= 0.3 is 100.0 Å². The first-order valence-corrected chi connectivity index (χ1v) is 8.62. The Morgan fingerprint density at radius 1 is 1.62 bits per heavy atom. The zero-order chi connectivity index (χ0) is 11.3. The number of halogens is 1. The maximum atomic E-state index is 11.6. The third kappa shape index (κ3) is 1.37. The molecule has 0 saturated carbocycles. The SMILES string of the molecule is CCOC(=O)[C@@H]1[C@H]2Oc3ccc(O)cc3I21. The van der Waals surface area contributed by atoms with E-state index in [-0.39, 0.29) is 19.8 Å². The van der Waals surface area contributed by atoms with E-state index in [1.54, 1.807) is 25.1 Å². The topological polar surface area (TPSA) is 55.8 Å². The summed E-state index contributed by atoms with van der Waals surface area (Å²) in [5, 5.41) is 9.41. The van der Waals surface area contributed by atoms with Crippen LogP contribution in [0.3, 0.4) is 0 Å². The average molecular weight is 334 g/mol. The molecule has 16 heavy (non-hydrogen) atoms. The van der Waals surface area contributed by atoms with Crippen molar-refractivity contribution in [3.63, 3.8) is 0 Å². The van der Waals surface area contributed by atoms with Gasteiger partial charge < -0.3 is 0 Å². The zero-order valence-corrected chi connectivity index (χ0v) is 10.8. The van der Waals surface area contributed by atoms with Crippen LogP contribution in [0.15, 0.2) is 18.2 Å². The van der Waals surface area contributed by atoms with E-state index in [0.717, 1.165) is 9.32 Å². The molecule has 4 nitrogen and oxygen atoms in total. The van der Waals surface area contributed by atoms with Crippen LogP contribution in [0.1, 0.15) is 6.92 Å². The minimum atomic E-state index is -1.55. The van der Waals surface area contributed by atoms with E-state index in [9.17, 15) is 9.90 Å². The van der Waals surface area contributed by atoms with Crippen LogP contribution in [-0.2, 0) is 9.53 Å². The molecular weight excluding hydrogens is 323 g/mol. The molecule has 1 fully saturated rings. The van der Waals surface area contributed by atoms with Crippen LogP contribution < -0.4 is 4.74 Å². The second-order valence-electron chi connectivity index (χ2n) is 3.58. The number of carbonyl (C=O) groups excluding carboxylic acids is 1. The molecule has 0 aromatic heterocycles. The number of hydrogen-bond donors (Lipinski definition) is 1. The van der Waals surface area contributed by atoms with Crippen molar-refractivity contribution in [3.05, 3.63) is 21.8 Å². The van der Waals surface area contributed by atoms with Gasteiger partial charge in [-0.3, -0.25) is 0 Å². The number of benzene rings is 1. The number of carbonyl (C=O) groups is 1. The summed E-state index contributed by atoms with van der Waals surface area (Å²) in [6.07, 6.45) is 0. The third-order valence-electron chi connectivity index (χ3n) is 2.55. The van der Waals surface area contributed by atoms with Crippen molar-refractivity contribution in [1.82, 2.24) is 0 Å². The molecule has 2 aliphatic heterocycles. The Bertz CT molecular complexity index is 459. The normalized spacial score (nSPS) is 26.7. The van der Waals surface area contributed by atoms with Gasteiger partial charge in [-0.2, -0.15) is 0 Å². The number of hydrogen-bond acceptors (Lipinski definition) is 4. The van der Waals surface area contributed by atoms with Crippen molar-refractivity contribution in [2.24, 2.45) is 0 Å². The quantitative estimate of drug-likeness (QED) is 0.509. The van der Waals surface area contributed by atoms with Gasteiger partial charge in [0, 0.05) is 0 Å². The van der Waals surface area contributed by atoms with Gasteiger partial charge in [-0.05, 0) is 0 Å². The van der Waals surface area contributed by atoms with Gasteiger partial charge in [0.05, 0.1) is 0 Å². The molecule has 0 bridgehead atoms. The first-order valence-electron chi connectivity index (χ1n) is 5.05. The summed E-state index contributed by atoms with van der Waals surface area (Å²) in [4.78, 5) is 11.6. The fourth-order valence-electron chi connectivity index (χ4n) is 1.83. The predicted molar refractivity (Wildman–Crippen MR) is 65.7 cm³/mol. The number of esters is 1. The van der Waals surface area contributed by atoms with E-state index >= 15 is 0 Å². The van der Waals surface area contributed by atoms with Crippen LogP contribution in [0.4, 0.5) is 0 Å². The van der Waals surface area contributed by atoms with Crippen LogP contribution in [0.5, 0.6) is 11.5 Å². The first-order chi connectivity index (χ1) is 7.72. The van der Waals surface area contributed by atoms with Gasteiger partial charge in [-0.1, -0.05) is 0 Å². The Hall–Kier alpha value is -0.980. The molecule has 0 unspecified atom stereocenters. The monoisotopic (exact) mass is 334 g/mol. The molecule has 3 rings (SSSR count). The van der Waals surface area contributed by atoms with Crippen LogP contribution in [-0.4, -0.2) is 25.7 Å². The first kappa shape index (κ1) is 10.2. The van der Waals surface area contributed by atoms with Gasteiger partial charge in [-0.25, -0.2) is 0 Å². The average Bonchev–Trinajstić information content (AvgIpc) is 2.85. The molecule has 2 heterocycles. The molecular formula is C11H11IO4. The van der Waals surface area contributed by atoms with Crippen molar-refractivity contribution < 1.29 is 19.4 Å². The van der Waals surface area contributed by atoms with E-state index in [4.69, 9.17) is 9.47 Å². The van der Waals surface area contributed by atoms with Gasteiger partial charge in [0.2, 0.25) is 0 Å². The Morgan fingerprint density at radius 2 is 2.44 bits per heavy atom. The number of phenolic OH excluding ortho intramolecular Hbond substituents is 1. The van der Waals surface area contributed by atoms with Gasteiger partial charge in [0.1, 0.15) is 0 Å². The summed E-state index contributed by atoms with van der Waals surface area (Å²) >= 11 is -1.55. The van der Waals surface area contributed by atoms with E-state index in [2.05, 4.69) is 0 Å². The molecule has 0 spiro atoms. The fraction of sp³-hybridized carbons (Fsp3) is 0.364. The minimum absolute atomic E-state index is 0.0292. The molecule has 1 N–H and O–H groups in total. The number of alkyl halides is 2. The number of rotatable bonds is 2. The standard InChI is InChI=1S/C11H11IO4/c1-2-15-11(14)9-10-12(9)7-5-6(13)3-4-8(7)16-10/h3-5,9-10,13H,2H2,1H3/t9-,10+/m0/s1. The molecule has 1 aromatic rings. The second-order valence-corrected chi connectivity index (χ2v) is 9.28. The zero-order valence-electron chi connectivity index (χ0n) is 8.64. The van der Waals surface area contributed by atoms with E-state index in [1.165, 1.54) is 0 Å². The molecule has 1 aromatic carbocycles. The van der Waals surface area contributed by atoms with Crippen molar-refractivity contribution in [1.29, 1.82) is 0 Å². The van der Waals surface area contributed by atoms with Crippen molar-refractivity contribution in [2.75, 3.05) is 6.61 Å². The summed E-state index contributed by atoms with van der Waals surface area (Å²) in [6.45, 7) is 2.22. The second kappa shape index (κ2) is 3.51. The predicted octanol–water partition coefficient (Wildman–Crippen LogP) is 1.73. The van der Waals surface area contributed by atoms with Crippen LogP contribution in [0.25, 0.3) is 0 Å². The molecule has 0 aliphatic carbocycles. The van der Waals surface area contributed by atoms with Crippen LogP contribution >= 0.6 is 19.8 Å². The molecule has 5 heteroatoms. The molecule has 2 aliphatic rings. The van der Waals surface area contributed by atoms with E-state index in [1.807, 2.05) is 0 Å². The third-order valence-corrected chi connectivity index (χ3v) is 8.81. The Labute approximate surface area is 99.9 Å². The Morgan fingerprint density at radius 3 is 3.19 bits per heavy atom. The number of fused-ring (bicyclic) bond motifs is 3. The number of phenols is 1. The summed E-state index contributed by atoms with van der Waals surface area (Å²) in [6, 6.07) is 5.12. The van der Waals surface area contributed by atoms with Crippen molar-refractivity contribution in [3.8, 4) is 11.5 Å². The summed E-state index contributed by atoms with van der Waals surface area (Å²) in [7, 11) is 0. The van der Waals surface area contributed by atoms with Crippen molar-refractivity contribution >= 4 is 25.8 Å². The van der Waals surface area contributed by atoms with E-state index in [0.29, 0.717) is 6.61 Å². The van der Waals surface area contributed by atoms with Gasteiger partial charge in [0.15, 0.2) is 0 Å². The van der Waals surface area contributed by atoms with Crippen LogP contribution in [0, 0.1) is 3.57 Å². The summed E-state index contributed by atoms with van der Waals surface area (Å²) in [5.41, 5.74) is 0. The fourth-order valence-corrected chi connectivity index (χ4v) is 8.42. The maximum absolute atomic E-state index is 11.6. The molecule has 2 atom stereocenters. The molecule has 0 radical (unpaired) electrons. The molecule has 86 valence electrons. The van der Waals surface area contributed by atoms with E-state index < -0.39 is 19.8 Å². The summed E-state index contributed by atoms with van der Waals surface area (Å²) in [5.74, 6) is 0.954. The molecule has 1 saturated heterocycles. The van der Waals surface area contributed by atoms with Crippen LogP contribution in [0.2, 0.25) is 0 Å². The number of ether oxygens (including phenoxy) is 2. The van der Waals surface area contributed by atoms with Gasteiger partial charge in [0.25, 0.3) is 0 Å².